The van der Waals surface area contributed by atoms with Crippen molar-refractivity contribution in [2.24, 2.45) is 11.3 Å². The number of benzene rings is 2. The van der Waals surface area contributed by atoms with Gasteiger partial charge in [-0.3, -0.25) is 4.79 Å². The van der Waals surface area contributed by atoms with E-state index in [2.05, 4.69) is 52.5 Å². The van der Waals surface area contributed by atoms with Crippen LogP contribution in [0.1, 0.15) is 18.4 Å². The molecule has 1 amide bonds. The van der Waals surface area contributed by atoms with E-state index in [9.17, 15) is 4.79 Å². The number of hydrogen-bond acceptors (Lipinski definition) is 1. The maximum Gasteiger partial charge on any atom is 0.230 e. The first-order chi connectivity index (χ1) is 11.3. The van der Waals surface area contributed by atoms with Crippen LogP contribution >= 0.6 is 0 Å². The first-order valence-corrected chi connectivity index (χ1v) is 8.19. The maximum atomic E-state index is 12.4. The van der Waals surface area contributed by atoms with Crippen molar-refractivity contribution in [3.8, 4) is 0 Å². The van der Waals surface area contributed by atoms with E-state index in [1.807, 2.05) is 18.2 Å². The summed E-state index contributed by atoms with van der Waals surface area (Å²) in [7, 11) is 0. The van der Waals surface area contributed by atoms with Crippen LogP contribution in [0.25, 0.3) is 10.9 Å². The Bertz CT molecular complexity index is 904. The summed E-state index contributed by atoms with van der Waals surface area (Å²) in [6.45, 7) is 0.811. The molecule has 0 radical (unpaired) electrons. The normalized spacial score (nSPS) is 24.3. The fourth-order valence-corrected chi connectivity index (χ4v) is 3.58. The lowest BCUT2D eigenvalue weighted by Gasteiger charge is -2.05. The number of carbonyl (C=O) groups is 1. The molecule has 0 unspecified atom stereocenters. The van der Waals surface area contributed by atoms with Crippen molar-refractivity contribution in [2.75, 3.05) is 5.32 Å². The summed E-state index contributed by atoms with van der Waals surface area (Å²) in [6, 6.07) is 18.7. The molecule has 2 aliphatic carbocycles. The van der Waals surface area contributed by atoms with E-state index >= 15 is 0 Å². The van der Waals surface area contributed by atoms with Crippen molar-refractivity contribution in [3.05, 3.63) is 66.4 Å². The minimum absolute atomic E-state index is 0.00261. The zero-order valence-electron chi connectivity index (χ0n) is 12.8. The van der Waals surface area contributed by atoms with Crippen molar-refractivity contribution in [1.29, 1.82) is 0 Å². The molecule has 0 aliphatic heterocycles. The number of rotatable bonds is 4. The van der Waals surface area contributed by atoms with Crippen molar-refractivity contribution < 1.29 is 4.79 Å². The van der Waals surface area contributed by atoms with Crippen LogP contribution in [0.5, 0.6) is 0 Å². The number of nitrogens with one attached hydrogen (secondary N) is 1. The molecule has 3 nitrogen and oxygen atoms in total. The van der Waals surface area contributed by atoms with Crippen molar-refractivity contribution in [3.63, 3.8) is 0 Å². The predicted octanol–water partition coefficient (Wildman–Crippen LogP) is 4.04. The Hall–Kier alpha value is -2.55. The number of para-hydroxylation sites is 1. The molecule has 5 rings (SSSR count). The van der Waals surface area contributed by atoms with E-state index in [0.29, 0.717) is 5.92 Å². The molecule has 2 aliphatic rings. The Labute approximate surface area is 134 Å². The molecule has 23 heavy (non-hydrogen) atoms. The number of nitrogens with zero attached hydrogens (tertiary/aromatic N) is 1. The first kappa shape index (κ1) is 12.9. The van der Waals surface area contributed by atoms with Gasteiger partial charge < -0.3 is 9.88 Å². The largest absolute Gasteiger partial charge is 0.341 e. The fraction of sp³-hybridized carbons (Fsp3) is 0.250. The molecule has 1 N–H and O–H groups in total. The summed E-state index contributed by atoms with van der Waals surface area (Å²) in [6.07, 6.45) is 4.24. The number of carbonyl (C=O) groups excluding carboxylic acids is 1. The van der Waals surface area contributed by atoms with E-state index < -0.39 is 0 Å². The quantitative estimate of drug-likeness (QED) is 0.775. The molecule has 0 spiro atoms. The van der Waals surface area contributed by atoms with Crippen LogP contribution in [0.2, 0.25) is 0 Å². The van der Waals surface area contributed by atoms with Gasteiger partial charge in [-0.05, 0) is 30.4 Å². The highest BCUT2D eigenvalue weighted by Gasteiger charge is 2.74. The average molecular weight is 302 g/mol. The molecular weight excluding hydrogens is 284 g/mol. The van der Waals surface area contributed by atoms with Gasteiger partial charge in [0.1, 0.15) is 0 Å². The lowest BCUT2D eigenvalue weighted by atomic mass is 10.2. The number of fused-ring (bicyclic) bond motifs is 2. The zero-order valence-corrected chi connectivity index (χ0v) is 12.8. The van der Waals surface area contributed by atoms with Crippen LogP contribution in [0.15, 0.2) is 60.8 Å². The third kappa shape index (κ3) is 2.00. The van der Waals surface area contributed by atoms with Gasteiger partial charge in [0, 0.05) is 18.1 Å². The summed E-state index contributed by atoms with van der Waals surface area (Å²) in [5.74, 6) is 0.880. The van der Waals surface area contributed by atoms with Gasteiger partial charge in [0.25, 0.3) is 0 Å². The third-order valence-electron chi connectivity index (χ3n) is 5.37. The van der Waals surface area contributed by atoms with Crippen LogP contribution in [-0.2, 0) is 11.3 Å². The van der Waals surface area contributed by atoms with E-state index in [1.54, 1.807) is 0 Å². The van der Waals surface area contributed by atoms with Gasteiger partial charge in [-0.15, -0.1) is 0 Å². The van der Waals surface area contributed by atoms with Gasteiger partial charge in [-0.2, -0.15) is 0 Å². The van der Waals surface area contributed by atoms with E-state index in [0.717, 1.165) is 36.0 Å². The van der Waals surface area contributed by atoms with Gasteiger partial charge in [-0.25, -0.2) is 0 Å². The van der Waals surface area contributed by atoms with Crippen LogP contribution in [0.3, 0.4) is 0 Å². The highest BCUT2D eigenvalue weighted by Crippen LogP contribution is 2.75. The summed E-state index contributed by atoms with van der Waals surface area (Å²) < 4.78 is 2.22. The smallest absolute Gasteiger partial charge is 0.230 e. The maximum absolute atomic E-state index is 12.4. The summed E-state index contributed by atoms with van der Waals surface area (Å²) in [5.41, 5.74) is 3.36. The highest BCUT2D eigenvalue weighted by molar-refractivity contribution is 6.06. The molecule has 3 heteroatoms. The molecule has 1 heterocycles. The van der Waals surface area contributed by atoms with Gasteiger partial charge in [-0.1, -0.05) is 48.5 Å². The first-order valence-electron chi connectivity index (χ1n) is 8.19. The van der Waals surface area contributed by atoms with Gasteiger partial charge >= 0.3 is 0 Å². The zero-order chi connectivity index (χ0) is 15.4. The average Bonchev–Trinajstić information content (AvgIpc) is 3.42. The molecule has 2 saturated carbocycles. The summed E-state index contributed by atoms with van der Waals surface area (Å²) in [5, 5.41) is 4.29. The number of anilines is 1. The SMILES string of the molecule is O=C(Nc1cn(Cc2ccccc2)c2ccccc12)C12CC1C2. The van der Waals surface area contributed by atoms with Gasteiger partial charge in [0.2, 0.25) is 5.91 Å². The Kier molecular flexibility index (Phi) is 2.52. The van der Waals surface area contributed by atoms with Gasteiger partial charge in [0.15, 0.2) is 0 Å². The molecule has 1 aromatic heterocycles. The Morgan fingerprint density at radius 1 is 1.09 bits per heavy atom. The monoisotopic (exact) mass is 302 g/mol. The third-order valence-corrected chi connectivity index (χ3v) is 5.37. The second kappa shape index (κ2) is 4.48. The van der Waals surface area contributed by atoms with Gasteiger partial charge in [0.05, 0.1) is 16.6 Å². The van der Waals surface area contributed by atoms with Crippen LogP contribution in [0.4, 0.5) is 5.69 Å². The second-order valence-corrected chi connectivity index (χ2v) is 6.89. The molecule has 114 valence electrons. The van der Waals surface area contributed by atoms with E-state index in [-0.39, 0.29) is 11.3 Å². The molecule has 2 aromatic carbocycles. The topological polar surface area (TPSA) is 34.0 Å². The predicted molar refractivity (Wildman–Crippen MR) is 91.3 cm³/mol. The highest BCUT2D eigenvalue weighted by atomic mass is 16.2. The molecule has 3 aromatic rings. The number of hydrogen-bond donors (Lipinski definition) is 1. The number of amides is 1. The van der Waals surface area contributed by atoms with Crippen molar-refractivity contribution in [2.45, 2.75) is 19.4 Å². The van der Waals surface area contributed by atoms with E-state index in [4.69, 9.17) is 0 Å². The summed E-state index contributed by atoms with van der Waals surface area (Å²) in [4.78, 5) is 12.4. The standard InChI is InChI=1S/C20H18N2O/c23-19(20-10-15(20)11-20)21-17-13-22(12-14-6-2-1-3-7-14)18-9-5-4-8-16(17)18/h1-9,13,15H,10-12H2,(H,21,23). The van der Waals surface area contributed by atoms with E-state index in [1.165, 1.54) is 5.56 Å². The Balaban J connectivity index is 1.51. The van der Waals surface area contributed by atoms with Crippen LogP contribution < -0.4 is 5.32 Å². The van der Waals surface area contributed by atoms with Crippen LogP contribution in [-0.4, -0.2) is 10.5 Å². The lowest BCUT2D eigenvalue weighted by Crippen LogP contribution is -2.17. The lowest BCUT2D eigenvalue weighted by molar-refractivity contribution is -0.119. The minimum atomic E-state index is 0.00261. The van der Waals surface area contributed by atoms with Crippen molar-refractivity contribution in [1.82, 2.24) is 4.57 Å². The van der Waals surface area contributed by atoms with Crippen LogP contribution in [0, 0.1) is 11.3 Å². The number of aromatic nitrogens is 1. The Morgan fingerprint density at radius 3 is 2.52 bits per heavy atom. The molecule has 0 bridgehead atoms. The summed E-state index contributed by atoms with van der Waals surface area (Å²) >= 11 is 0. The minimum Gasteiger partial charge on any atom is -0.341 e. The van der Waals surface area contributed by atoms with Crippen molar-refractivity contribution >= 4 is 22.5 Å². The molecule has 0 saturated heterocycles. The fourth-order valence-electron chi connectivity index (χ4n) is 3.58. The molecule has 0 atom stereocenters. The second-order valence-electron chi connectivity index (χ2n) is 6.89. The molecular formula is C20H18N2O. The molecule has 2 fully saturated rings. The Morgan fingerprint density at radius 2 is 1.78 bits per heavy atom.